The highest BCUT2D eigenvalue weighted by molar-refractivity contribution is 5.31. The van der Waals surface area contributed by atoms with Crippen molar-refractivity contribution in [3.05, 3.63) is 60.2 Å². The van der Waals surface area contributed by atoms with Crippen LogP contribution < -0.4 is 14.8 Å². The fourth-order valence-corrected chi connectivity index (χ4v) is 2.19. The Bertz CT molecular complexity index is 511. The van der Waals surface area contributed by atoms with Crippen molar-refractivity contribution in [2.24, 2.45) is 0 Å². The predicted molar refractivity (Wildman–Crippen MR) is 86.1 cm³/mol. The van der Waals surface area contributed by atoms with Crippen LogP contribution >= 0.6 is 0 Å². The Kier molecular flexibility index (Phi) is 6.10. The second kappa shape index (κ2) is 8.32. The lowest BCUT2D eigenvalue weighted by Crippen LogP contribution is -2.31. The van der Waals surface area contributed by atoms with Crippen LogP contribution in [-0.2, 0) is 6.42 Å². The molecule has 112 valence electrons. The van der Waals surface area contributed by atoms with Crippen molar-refractivity contribution in [3.8, 4) is 11.5 Å². The lowest BCUT2D eigenvalue weighted by molar-refractivity contribution is 0.306. The summed E-state index contributed by atoms with van der Waals surface area (Å²) in [4.78, 5) is 0. The van der Waals surface area contributed by atoms with Gasteiger partial charge >= 0.3 is 0 Å². The molecule has 0 aliphatic rings. The minimum absolute atomic E-state index is 0.437. The highest BCUT2D eigenvalue weighted by Gasteiger charge is 2.02. The minimum Gasteiger partial charge on any atom is -0.497 e. The van der Waals surface area contributed by atoms with Crippen molar-refractivity contribution >= 4 is 0 Å². The molecule has 0 spiro atoms. The van der Waals surface area contributed by atoms with Gasteiger partial charge in [0.1, 0.15) is 18.1 Å². The van der Waals surface area contributed by atoms with Gasteiger partial charge in [0.05, 0.1) is 7.11 Å². The van der Waals surface area contributed by atoms with Crippen LogP contribution in [-0.4, -0.2) is 26.3 Å². The number of hydrogen-bond acceptors (Lipinski definition) is 3. The van der Waals surface area contributed by atoms with Gasteiger partial charge in [-0.3, -0.25) is 0 Å². The fraction of sp³-hybridized carbons (Fsp3) is 0.333. The molecule has 0 aliphatic heterocycles. The second-order valence-electron chi connectivity index (χ2n) is 5.07. The molecule has 0 amide bonds. The van der Waals surface area contributed by atoms with Crippen molar-refractivity contribution in [2.75, 3.05) is 20.3 Å². The van der Waals surface area contributed by atoms with Crippen LogP contribution in [0.2, 0.25) is 0 Å². The van der Waals surface area contributed by atoms with Crippen LogP contribution in [0.1, 0.15) is 12.5 Å². The summed E-state index contributed by atoms with van der Waals surface area (Å²) in [5.41, 5.74) is 1.36. The van der Waals surface area contributed by atoms with Crippen molar-refractivity contribution in [1.82, 2.24) is 5.32 Å². The molecule has 3 nitrogen and oxygen atoms in total. The molecule has 21 heavy (non-hydrogen) atoms. The Morgan fingerprint density at radius 1 is 0.952 bits per heavy atom. The lowest BCUT2D eigenvalue weighted by atomic mass is 10.1. The molecule has 2 rings (SSSR count). The maximum Gasteiger partial charge on any atom is 0.119 e. The van der Waals surface area contributed by atoms with E-state index in [4.69, 9.17) is 9.47 Å². The first-order chi connectivity index (χ1) is 10.3. The summed E-state index contributed by atoms with van der Waals surface area (Å²) < 4.78 is 10.8. The van der Waals surface area contributed by atoms with Crippen molar-refractivity contribution in [2.45, 2.75) is 19.4 Å². The zero-order valence-electron chi connectivity index (χ0n) is 12.7. The van der Waals surface area contributed by atoms with E-state index in [1.54, 1.807) is 7.11 Å². The Labute approximate surface area is 126 Å². The third-order valence-corrected chi connectivity index (χ3v) is 3.31. The molecule has 0 saturated carbocycles. The van der Waals surface area contributed by atoms with Gasteiger partial charge in [-0.25, -0.2) is 0 Å². The Balaban J connectivity index is 1.64. The topological polar surface area (TPSA) is 30.5 Å². The van der Waals surface area contributed by atoms with Crippen molar-refractivity contribution in [3.63, 3.8) is 0 Å². The van der Waals surface area contributed by atoms with Gasteiger partial charge in [0.15, 0.2) is 0 Å². The van der Waals surface area contributed by atoms with E-state index in [9.17, 15) is 0 Å². The number of hydrogen-bond donors (Lipinski definition) is 1. The minimum atomic E-state index is 0.437. The standard InChI is InChI=1S/C18H23NO2/c1-15(14-16-6-4-3-5-7-16)19-12-13-21-18-10-8-17(20-2)9-11-18/h3-11,15,19H,12-14H2,1-2H3. The molecule has 2 aromatic carbocycles. The van der Waals surface area contributed by atoms with Crippen LogP contribution in [0.25, 0.3) is 0 Å². The zero-order valence-corrected chi connectivity index (χ0v) is 12.7. The van der Waals surface area contributed by atoms with E-state index < -0.39 is 0 Å². The molecule has 1 N–H and O–H groups in total. The van der Waals surface area contributed by atoms with E-state index in [-0.39, 0.29) is 0 Å². The molecule has 2 aromatic rings. The molecule has 0 saturated heterocycles. The zero-order chi connectivity index (χ0) is 14.9. The Morgan fingerprint density at radius 2 is 1.62 bits per heavy atom. The normalized spacial score (nSPS) is 11.9. The van der Waals surface area contributed by atoms with Gasteiger partial charge in [0, 0.05) is 12.6 Å². The highest BCUT2D eigenvalue weighted by atomic mass is 16.5. The molecule has 3 heteroatoms. The van der Waals surface area contributed by atoms with Crippen molar-refractivity contribution < 1.29 is 9.47 Å². The van der Waals surface area contributed by atoms with Gasteiger partial charge in [-0.2, -0.15) is 0 Å². The maximum absolute atomic E-state index is 5.69. The van der Waals surface area contributed by atoms with Gasteiger partial charge in [0.2, 0.25) is 0 Å². The smallest absolute Gasteiger partial charge is 0.119 e. The van der Waals surface area contributed by atoms with Gasteiger partial charge in [-0.05, 0) is 43.2 Å². The van der Waals surface area contributed by atoms with Gasteiger partial charge in [0.25, 0.3) is 0 Å². The van der Waals surface area contributed by atoms with Crippen LogP contribution in [0, 0.1) is 0 Å². The molecule has 0 aromatic heterocycles. The van der Waals surface area contributed by atoms with Crippen LogP contribution in [0.3, 0.4) is 0 Å². The number of ether oxygens (including phenoxy) is 2. The highest BCUT2D eigenvalue weighted by Crippen LogP contribution is 2.16. The molecular formula is C18H23NO2. The Morgan fingerprint density at radius 3 is 2.29 bits per heavy atom. The van der Waals surface area contributed by atoms with E-state index in [2.05, 4.69) is 36.5 Å². The van der Waals surface area contributed by atoms with Crippen molar-refractivity contribution in [1.29, 1.82) is 0 Å². The molecule has 1 unspecified atom stereocenters. The third-order valence-electron chi connectivity index (χ3n) is 3.31. The molecule has 0 heterocycles. The number of benzene rings is 2. The fourth-order valence-electron chi connectivity index (χ4n) is 2.19. The molecule has 1 atom stereocenters. The predicted octanol–water partition coefficient (Wildman–Crippen LogP) is 3.29. The van der Waals surface area contributed by atoms with Gasteiger partial charge in [-0.1, -0.05) is 30.3 Å². The molecule has 0 aliphatic carbocycles. The largest absolute Gasteiger partial charge is 0.497 e. The summed E-state index contributed by atoms with van der Waals surface area (Å²) in [5, 5.41) is 3.47. The molecular weight excluding hydrogens is 262 g/mol. The van der Waals surface area contributed by atoms with Gasteiger partial charge in [-0.15, -0.1) is 0 Å². The van der Waals surface area contributed by atoms with Crippen LogP contribution in [0.5, 0.6) is 11.5 Å². The molecule has 0 radical (unpaired) electrons. The summed E-state index contributed by atoms with van der Waals surface area (Å²) >= 11 is 0. The Hall–Kier alpha value is -2.00. The van der Waals surface area contributed by atoms with E-state index in [0.717, 1.165) is 24.5 Å². The summed E-state index contributed by atoms with van der Waals surface area (Å²) in [5.74, 6) is 1.71. The number of nitrogens with one attached hydrogen (secondary N) is 1. The average molecular weight is 285 g/mol. The summed E-state index contributed by atoms with van der Waals surface area (Å²) in [7, 11) is 1.66. The van der Waals surface area contributed by atoms with E-state index >= 15 is 0 Å². The van der Waals surface area contributed by atoms with E-state index in [1.165, 1.54) is 5.56 Å². The number of methoxy groups -OCH3 is 1. The first-order valence-corrected chi connectivity index (χ1v) is 7.32. The van der Waals surface area contributed by atoms with Gasteiger partial charge < -0.3 is 14.8 Å². The first kappa shape index (κ1) is 15.4. The summed E-state index contributed by atoms with van der Waals surface area (Å²) in [6.07, 6.45) is 1.03. The summed E-state index contributed by atoms with van der Waals surface area (Å²) in [6.45, 7) is 3.69. The maximum atomic E-state index is 5.69. The molecule has 0 bridgehead atoms. The van der Waals surface area contributed by atoms with E-state index in [1.807, 2.05) is 30.3 Å². The van der Waals surface area contributed by atoms with E-state index in [0.29, 0.717) is 12.6 Å². The number of rotatable bonds is 8. The van der Waals surface area contributed by atoms with Crippen LogP contribution in [0.15, 0.2) is 54.6 Å². The average Bonchev–Trinajstić information content (AvgIpc) is 2.53. The molecule has 0 fully saturated rings. The lowest BCUT2D eigenvalue weighted by Gasteiger charge is -2.14. The quantitative estimate of drug-likeness (QED) is 0.755. The monoisotopic (exact) mass is 285 g/mol. The second-order valence-corrected chi connectivity index (χ2v) is 5.07. The summed E-state index contributed by atoms with van der Waals surface area (Å²) in [6, 6.07) is 18.6. The first-order valence-electron chi connectivity index (χ1n) is 7.32. The van der Waals surface area contributed by atoms with Crippen LogP contribution in [0.4, 0.5) is 0 Å². The third kappa shape index (κ3) is 5.48. The SMILES string of the molecule is COc1ccc(OCCNC(C)Cc2ccccc2)cc1.